The summed E-state index contributed by atoms with van der Waals surface area (Å²) in [5.74, 6) is 0.653. The van der Waals surface area contributed by atoms with Gasteiger partial charge in [-0.05, 0) is 19.8 Å². The van der Waals surface area contributed by atoms with E-state index in [0.717, 1.165) is 12.8 Å². The maximum atomic E-state index is 9.99. The predicted molar refractivity (Wildman–Crippen MR) is 53.9 cm³/mol. The minimum absolute atomic E-state index is 0.456. The van der Waals surface area contributed by atoms with Crippen LogP contribution >= 0.6 is 11.6 Å². The number of rotatable bonds is 4. The van der Waals surface area contributed by atoms with Crippen LogP contribution in [0.1, 0.15) is 19.8 Å². The van der Waals surface area contributed by atoms with Gasteiger partial charge in [0.1, 0.15) is 0 Å². The van der Waals surface area contributed by atoms with Gasteiger partial charge >= 0.3 is 0 Å². The average molecular weight is 195 g/mol. The molecule has 0 amide bonds. The van der Waals surface area contributed by atoms with E-state index in [1.807, 2.05) is 6.92 Å². The Balaban J connectivity index is 4.00. The lowest BCUT2D eigenvalue weighted by molar-refractivity contribution is 0.125. The van der Waals surface area contributed by atoms with E-state index in [2.05, 4.69) is 19.6 Å². The normalized spacial score (nSPS) is 18.0. The Hall–Kier alpha value is 0.467. The Morgan fingerprint density at radius 1 is 1.36 bits per heavy atom. The lowest BCUT2D eigenvalue weighted by Crippen LogP contribution is -2.49. The number of aliphatic hydroxyl groups is 1. The highest BCUT2D eigenvalue weighted by Gasteiger charge is 2.36. The first kappa shape index (κ1) is 11.5. The zero-order valence-electron chi connectivity index (χ0n) is 7.95. The number of hydrogen-bond donors (Lipinski definition) is 1. The first-order valence-electron chi connectivity index (χ1n) is 4.09. The molecule has 0 rings (SSSR count). The summed E-state index contributed by atoms with van der Waals surface area (Å²) in [5.41, 5.74) is 0. The molecule has 1 atom stereocenters. The van der Waals surface area contributed by atoms with Crippen molar-refractivity contribution in [2.75, 3.05) is 5.88 Å². The monoisotopic (exact) mass is 194 g/mol. The topological polar surface area (TPSA) is 20.2 Å². The summed E-state index contributed by atoms with van der Waals surface area (Å²) in [6.07, 6.45) is 1.76. The van der Waals surface area contributed by atoms with Crippen molar-refractivity contribution in [1.29, 1.82) is 0 Å². The summed E-state index contributed by atoms with van der Waals surface area (Å²) < 4.78 is 0. The van der Waals surface area contributed by atoms with Gasteiger partial charge in [0.25, 0.3) is 0 Å². The molecule has 1 unspecified atom stereocenters. The van der Waals surface area contributed by atoms with Crippen molar-refractivity contribution in [3.8, 4) is 0 Å². The zero-order chi connectivity index (χ0) is 9.12. The van der Waals surface area contributed by atoms with Gasteiger partial charge < -0.3 is 5.11 Å². The number of halogens is 1. The fourth-order valence-corrected chi connectivity index (χ4v) is 1.85. The van der Waals surface area contributed by atoms with Crippen LogP contribution in [0.25, 0.3) is 0 Å². The first-order valence-corrected chi connectivity index (χ1v) is 8.13. The molecule has 68 valence electrons. The Morgan fingerprint density at radius 3 is 2.09 bits per heavy atom. The van der Waals surface area contributed by atoms with Gasteiger partial charge in [-0.25, -0.2) is 0 Å². The molecule has 0 bridgehead atoms. The van der Waals surface area contributed by atoms with Crippen molar-refractivity contribution < 1.29 is 5.11 Å². The summed E-state index contributed by atoms with van der Waals surface area (Å²) >= 11 is 5.56. The summed E-state index contributed by atoms with van der Waals surface area (Å²) in [6, 6.07) is 0. The van der Waals surface area contributed by atoms with Crippen LogP contribution in [0.4, 0.5) is 0 Å². The highest BCUT2D eigenvalue weighted by atomic mass is 35.5. The molecule has 0 aliphatic rings. The second-order valence-corrected chi connectivity index (χ2v) is 10.3. The van der Waals surface area contributed by atoms with Crippen LogP contribution in [-0.4, -0.2) is 24.3 Å². The van der Waals surface area contributed by atoms with Gasteiger partial charge in [0, 0.05) is 5.88 Å². The average Bonchev–Trinajstić information content (AvgIpc) is 1.81. The van der Waals surface area contributed by atoms with Crippen LogP contribution < -0.4 is 0 Å². The van der Waals surface area contributed by atoms with E-state index < -0.39 is 13.3 Å². The van der Waals surface area contributed by atoms with E-state index in [4.69, 9.17) is 11.6 Å². The van der Waals surface area contributed by atoms with Crippen molar-refractivity contribution in [3.05, 3.63) is 0 Å². The lowest BCUT2D eigenvalue weighted by Gasteiger charge is -2.35. The molecule has 1 nitrogen and oxygen atoms in total. The van der Waals surface area contributed by atoms with Gasteiger partial charge in [0.15, 0.2) is 0 Å². The van der Waals surface area contributed by atoms with Gasteiger partial charge in [-0.1, -0.05) is 19.6 Å². The largest absolute Gasteiger partial charge is 0.394 e. The van der Waals surface area contributed by atoms with Crippen molar-refractivity contribution in [2.45, 2.75) is 44.6 Å². The molecule has 0 saturated carbocycles. The van der Waals surface area contributed by atoms with Gasteiger partial charge in [0.05, 0.1) is 13.3 Å². The molecule has 0 saturated heterocycles. The first-order chi connectivity index (χ1) is 4.81. The van der Waals surface area contributed by atoms with Crippen molar-refractivity contribution in [1.82, 2.24) is 0 Å². The predicted octanol–water partition coefficient (Wildman–Crippen LogP) is 2.63. The van der Waals surface area contributed by atoms with Crippen molar-refractivity contribution >= 4 is 19.7 Å². The third-order valence-corrected chi connectivity index (χ3v) is 6.16. The molecule has 0 aliphatic heterocycles. The molecule has 11 heavy (non-hydrogen) atoms. The molecule has 0 aromatic carbocycles. The number of hydrogen-bond acceptors (Lipinski definition) is 1. The molecule has 0 fully saturated rings. The van der Waals surface area contributed by atoms with E-state index in [0.29, 0.717) is 5.88 Å². The van der Waals surface area contributed by atoms with Crippen LogP contribution in [-0.2, 0) is 0 Å². The Bertz CT molecular complexity index is 118. The molecule has 0 aliphatic carbocycles. The Labute approximate surface area is 75.8 Å². The third-order valence-electron chi connectivity index (χ3n) is 2.41. The molecular weight excluding hydrogens is 176 g/mol. The fourth-order valence-electron chi connectivity index (χ4n) is 0.786. The molecule has 0 spiro atoms. The van der Waals surface area contributed by atoms with Crippen LogP contribution in [0.3, 0.4) is 0 Å². The highest BCUT2D eigenvalue weighted by Crippen LogP contribution is 2.24. The second-order valence-electron chi connectivity index (χ2n) is 4.32. The van der Waals surface area contributed by atoms with E-state index in [1.54, 1.807) is 0 Å². The lowest BCUT2D eigenvalue weighted by atomic mass is 10.2. The maximum absolute atomic E-state index is 9.99. The van der Waals surface area contributed by atoms with Gasteiger partial charge in [-0.2, -0.15) is 0 Å². The van der Waals surface area contributed by atoms with Crippen LogP contribution in [0.5, 0.6) is 0 Å². The summed E-state index contributed by atoms with van der Waals surface area (Å²) in [5, 5.41) is 9.53. The summed E-state index contributed by atoms with van der Waals surface area (Å²) in [6.45, 7) is 8.48. The third kappa shape index (κ3) is 3.59. The number of alkyl halides is 1. The molecule has 1 N–H and O–H groups in total. The van der Waals surface area contributed by atoms with Crippen LogP contribution in [0.15, 0.2) is 0 Å². The second kappa shape index (κ2) is 3.92. The quantitative estimate of drug-likeness (QED) is 0.539. The van der Waals surface area contributed by atoms with E-state index in [-0.39, 0.29) is 0 Å². The standard InChI is InChI=1S/C8H19ClOSi/c1-8(10,6-5-7-9)11(2,3)4/h10H,5-7H2,1-4H3. The van der Waals surface area contributed by atoms with Crippen molar-refractivity contribution in [3.63, 3.8) is 0 Å². The Morgan fingerprint density at radius 2 is 1.82 bits per heavy atom. The van der Waals surface area contributed by atoms with E-state index in [9.17, 15) is 5.11 Å². The molecule has 0 radical (unpaired) electrons. The smallest absolute Gasteiger partial charge is 0.0817 e. The van der Waals surface area contributed by atoms with E-state index in [1.165, 1.54) is 0 Å². The molecule has 0 aromatic rings. The minimum atomic E-state index is -1.43. The fraction of sp³-hybridized carbons (Fsp3) is 1.00. The molecule has 3 heteroatoms. The van der Waals surface area contributed by atoms with Crippen LogP contribution in [0.2, 0.25) is 19.6 Å². The maximum Gasteiger partial charge on any atom is 0.0817 e. The zero-order valence-corrected chi connectivity index (χ0v) is 9.70. The Kier molecular flexibility index (Phi) is 4.09. The summed E-state index contributed by atoms with van der Waals surface area (Å²) in [7, 11) is -1.43. The minimum Gasteiger partial charge on any atom is -0.394 e. The highest BCUT2D eigenvalue weighted by molar-refractivity contribution is 6.78. The molecule has 0 aromatic heterocycles. The van der Waals surface area contributed by atoms with Crippen molar-refractivity contribution in [2.24, 2.45) is 0 Å². The SMILES string of the molecule is CC(O)(CCCCl)[Si](C)(C)C. The molecular formula is C8H19ClOSi. The van der Waals surface area contributed by atoms with Crippen LogP contribution in [0, 0.1) is 0 Å². The molecule has 0 heterocycles. The van der Waals surface area contributed by atoms with Gasteiger partial charge in [-0.15, -0.1) is 11.6 Å². The van der Waals surface area contributed by atoms with E-state index >= 15 is 0 Å². The van der Waals surface area contributed by atoms with Gasteiger partial charge in [0.2, 0.25) is 0 Å². The summed E-state index contributed by atoms with van der Waals surface area (Å²) in [4.78, 5) is 0. The van der Waals surface area contributed by atoms with Gasteiger partial charge in [-0.3, -0.25) is 0 Å².